The molecule has 1 aliphatic rings. The van der Waals surface area contributed by atoms with Crippen LogP contribution < -0.4 is 4.72 Å². The molecule has 1 aromatic carbocycles. The summed E-state index contributed by atoms with van der Waals surface area (Å²) in [7, 11) is -3.77. The van der Waals surface area contributed by atoms with Gasteiger partial charge in [0.15, 0.2) is 5.13 Å². The number of hydrogen-bond acceptors (Lipinski definition) is 8. The smallest absolute Gasteiger partial charge is 0.271 e. The Balaban J connectivity index is 1.60. The predicted molar refractivity (Wildman–Crippen MR) is 130 cm³/mol. The van der Waals surface area contributed by atoms with Gasteiger partial charge in [0, 0.05) is 29.3 Å². The molecule has 0 unspecified atom stereocenters. The first-order valence-electron chi connectivity index (χ1n) is 10.6. The van der Waals surface area contributed by atoms with Crippen molar-refractivity contribution < 1.29 is 22.4 Å². The lowest BCUT2D eigenvalue weighted by molar-refractivity contribution is -0.140. The average molecular weight is 509 g/mol. The highest BCUT2D eigenvalue weighted by Gasteiger charge is 2.35. The normalized spacial score (nSPS) is 15.6. The molecule has 3 heterocycles. The number of carbonyl (C=O) groups is 2. The van der Waals surface area contributed by atoms with Crippen LogP contribution in [0.3, 0.4) is 0 Å². The van der Waals surface area contributed by atoms with E-state index < -0.39 is 21.8 Å². The first-order chi connectivity index (χ1) is 16.7. The van der Waals surface area contributed by atoms with E-state index in [0.717, 1.165) is 4.90 Å². The molecule has 0 atom stereocenters. The summed E-state index contributed by atoms with van der Waals surface area (Å²) in [4.78, 5) is 30.4. The zero-order valence-electron chi connectivity index (χ0n) is 18.8. The number of nitrogens with one attached hydrogen (secondary N) is 1. The maximum absolute atomic E-state index is 12.9. The number of nitriles is 1. The minimum atomic E-state index is -3.77. The monoisotopic (exact) mass is 508 g/mol. The molecule has 0 bridgehead atoms. The molecule has 0 saturated heterocycles. The van der Waals surface area contributed by atoms with Crippen molar-refractivity contribution in [2.24, 2.45) is 0 Å². The summed E-state index contributed by atoms with van der Waals surface area (Å²) in [5, 5.41) is 11.4. The second-order valence-corrected chi connectivity index (χ2v) is 10.2. The largest absolute Gasteiger partial charge is 0.457 e. The zero-order valence-corrected chi connectivity index (χ0v) is 20.4. The highest BCUT2D eigenvalue weighted by atomic mass is 32.2. The number of amides is 2. The molecule has 0 aliphatic carbocycles. The first kappa shape index (κ1) is 24.1. The Morgan fingerprint density at radius 2 is 1.91 bits per heavy atom. The third-order valence-corrected chi connectivity index (χ3v) is 7.46. The lowest BCUT2D eigenvalue weighted by Gasteiger charge is -2.26. The molecule has 11 heteroatoms. The molecule has 0 saturated carbocycles. The predicted octanol–water partition coefficient (Wildman–Crippen LogP) is 4.21. The van der Waals surface area contributed by atoms with Gasteiger partial charge in [-0.3, -0.25) is 19.2 Å². The van der Waals surface area contributed by atoms with Crippen LogP contribution in [0.25, 0.3) is 17.4 Å². The van der Waals surface area contributed by atoms with E-state index in [0.29, 0.717) is 29.1 Å². The summed E-state index contributed by atoms with van der Waals surface area (Å²) in [6.45, 7) is 3.61. The Morgan fingerprint density at radius 3 is 2.54 bits per heavy atom. The molecule has 0 radical (unpaired) electrons. The number of furan rings is 1. The van der Waals surface area contributed by atoms with Gasteiger partial charge < -0.3 is 4.42 Å². The van der Waals surface area contributed by atoms with E-state index >= 15 is 0 Å². The molecule has 0 fully saturated rings. The van der Waals surface area contributed by atoms with E-state index in [1.54, 1.807) is 36.6 Å². The van der Waals surface area contributed by atoms with Crippen LogP contribution in [-0.4, -0.2) is 36.7 Å². The molecule has 2 amide bonds. The molecule has 9 nitrogen and oxygen atoms in total. The zero-order chi connectivity index (χ0) is 25.2. The fraction of sp³-hybridized carbons (Fsp3) is 0.167. The molecular formula is C24H20N4O5S2. The van der Waals surface area contributed by atoms with Gasteiger partial charge in [-0.25, -0.2) is 13.4 Å². The van der Waals surface area contributed by atoms with Gasteiger partial charge in [0.25, 0.3) is 21.8 Å². The molecule has 2 aromatic heterocycles. The molecular weight excluding hydrogens is 488 g/mol. The van der Waals surface area contributed by atoms with Crippen molar-refractivity contribution in [1.82, 2.24) is 9.88 Å². The minimum Gasteiger partial charge on any atom is -0.457 e. The second-order valence-electron chi connectivity index (χ2n) is 7.60. The Bertz CT molecular complexity index is 1490. The molecule has 1 N–H and O–H groups in total. The Labute approximate surface area is 206 Å². The van der Waals surface area contributed by atoms with Crippen molar-refractivity contribution in [1.29, 1.82) is 5.26 Å². The maximum Gasteiger partial charge on any atom is 0.271 e. The molecule has 0 spiro atoms. The number of rotatable bonds is 7. The van der Waals surface area contributed by atoms with Gasteiger partial charge in [0.1, 0.15) is 23.2 Å². The van der Waals surface area contributed by atoms with Crippen LogP contribution in [0.1, 0.15) is 26.0 Å². The van der Waals surface area contributed by atoms with Gasteiger partial charge in [0.2, 0.25) is 0 Å². The van der Waals surface area contributed by atoms with Gasteiger partial charge in [-0.05, 0) is 61.4 Å². The third kappa shape index (κ3) is 4.80. The topological polar surface area (TPSA) is 133 Å². The highest BCUT2D eigenvalue weighted by Crippen LogP contribution is 2.30. The van der Waals surface area contributed by atoms with E-state index in [9.17, 15) is 23.3 Å². The van der Waals surface area contributed by atoms with Crippen LogP contribution in [0.4, 0.5) is 5.13 Å². The Kier molecular flexibility index (Phi) is 6.68. The molecule has 178 valence electrons. The fourth-order valence-electron chi connectivity index (χ4n) is 3.53. The van der Waals surface area contributed by atoms with Crippen LogP contribution in [0.15, 0.2) is 74.0 Å². The van der Waals surface area contributed by atoms with Crippen molar-refractivity contribution in [3.05, 3.63) is 70.5 Å². The quantitative estimate of drug-likeness (QED) is 0.373. The Morgan fingerprint density at radius 1 is 1.17 bits per heavy atom. The summed E-state index contributed by atoms with van der Waals surface area (Å²) in [5.74, 6) is -0.254. The summed E-state index contributed by atoms with van der Waals surface area (Å²) in [6, 6.07) is 11.4. The standard InChI is InChI=1S/C24H20N4O5S2/c1-3-11-28-22(29)19(15(2)20(14-25)23(28)30)13-17-6-9-21(33-17)16-4-7-18(8-5-16)35(31,32)27-24-26-10-12-34-24/h4-10,12-13H,3,11H2,1-2H3,(H,26,27)/b19-13+. The number of anilines is 1. The molecule has 1 aliphatic heterocycles. The van der Waals surface area contributed by atoms with E-state index in [4.69, 9.17) is 4.42 Å². The van der Waals surface area contributed by atoms with Crippen molar-refractivity contribution in [2.75, 3.05) is 11.3 Å². The number of carbonyl (C=O) groups excluding carboxylic acids is 2. The van der Waals surface area contributed by atoms with Crippen LogP contribution in [0.5, 0.6) is 0 Å². The van der Waals surface area contributed by atoms with E-state index in [1.807, 2.05) is 13.0 Å². The summed E-state index contributed by atoms with van der Waals surface area (Å²) >= 11 is 1.18. The molecule has 4 rings (SSSR count). The minimum absolute atomic E-state index is 0.0702. The Hall–Kier alpha value is -4.01. The number of sulfonamides is 1. The second kappa shape index (κ2) is 9.69. The average Bonchev–Trinajstić information content (AvgIpc) is 3.52. The van der Waals surface area contributed by atoms with Crippen LogP contribution >= 0.6 is 11.3 Å². The highest BCUT2D eigenvalue weighted by molar-refractivity contribution is 7.93. The molecule has 3 aromatic rings. The maximum atomic E-state index is 12.9. The van der Waals surface area contributed by atoms with Crippen molar-refractivity contribution in [2.45, 2.75) is 25.2 Å². The van der Waals surface area contributed by atoms with E-state index in [1.165, 1.54) is 35.7 Å². The SMILES string of the molecule is CCCN1C(=O)C(C#N)=C(C)/C(=C\c2ccc(-c3ccc(S(=O)(=O)Nc4nccs4)cc3)o2)C1=O. The lowest BCUT2D eigenvalue weighted by Crippen LogP contribution is -2.43. The van der Waals surface area contributed by atoms with Gasteiger partial charge in [-0.2, -0.15) is 5.26 Å². The fourth-order valence-corrected chi connectivity index (χ4v) is 5.32. The number of aromatic nitrogens is 1. The van der Waals surface area contributed by atoms with E-state index in [-0.39, 0.29) is 27.7 Å². The summed E-state index contributed by atoms with van der Waals surface area (Å²) in [6.07, 6.45) is 3.58. The van der Waals surface area contributed by atoms with Crippen molar-refractivity contribution >= 4 is 44.4 Å². The van der Waals surface area contributed by atoms with Crippen LogP contribution in [0, 0.1) is 11.3 Å². The van der Waals surface area contributed by atoms with Gasteiger partial charge in [-0.1, -0.05) is 6.92 Å². The number of benzene rings is 1. The van der Waals surface area contributed by atoms with Crippen LogP contribution in [0.2, 0.25) is 0 Å². The van der Waals surface area contributed by atoms with Crippen LogP contribution in [-0.2, 0) is 19.6 Å². The number of nitrogens with zero attached hydrogens (tertiary/aromatic N) is 3. The third-order valence-electron chi connectivity index (χ3n) is 5.29. The number of imide groups is 1. The van der Waals surface area contributed by atoms with Gasteiger partial charge >= 0.3 is 0 Å². The number of hydrogen-bond donors (Lipinski definition) is 1. The molecule has 35 heavy (non-hydrogen) atoms. The summed E-state index contributed by atoms with van der Waals surface area (Å²) in [5.41, 5.74) is 1.07. The van der Waals surface area contributed by atoms with Crippen molar-refractivity contribution in [3.63, 3.8) is 0 Å². The number of thiazole rings is 1. The summed E-state index contributed by atoms with van der Waals surface area (Å²) < 4.78 is 33.3. The van der Waals surface area contributed by atoms with Gasteiger partial charge in [0.05, 0.1) is 4.90 Å². The van der Waals surface area contributed by atoms with E-state index in [2.05, 4.69) is 9.71 Å². The van der Waals surface area contributed by atoms with Gasteiger partial charge in [-0.15, -0.1) is 11.3 Å². The first-order valence-corrected chi connectivity index (χ1v) is 12.9. The van der Waals surface area contributed by atoms with Crippen molar-refractivity contribution in [3.8, 4) is 17.4 Å². The lowest BCUT2D eigenvalue weighted by atomic mass is 9.94.